The molecule has 2 amide bonds. The van der Waals surface area contributed by atoms with E-state index in [2.05, 4.69) is 15.6 Å². The minimum atomic E-state index is -0.657. The van der Waals surface area contributed by atoms with Crippen LogP contribution in [0.1, 0.15) is 42.9 Å². The van der Waals surface area contributed by atoms with Crippen LogP contribution in [0.3, 0.4) is 0 Å². The lowest BCUT2D eigenvalue weighted by molar-refractivity contribution is -0.136. The Morgan fingerprint density at radius 2 is 1.80 bits per heavy atom. The fourth-order valence-electron chi connectivity index (χ4n) is 3.41. The van der Waals surface area contributed by atoms with E-state index in [0.717, 1.165) is 24.0 Å². The van der Waals surface area contributed by atoms with Crippen molar-refractivity contribution >= 4 is 17.5 Å². The van der Waals surface area contributed by atoms with E-state index in [1.54, 1.807) is 18.5 Å². The number of aromatic nitrogens is 1. The first kappa shape index (κ1) is 17.1. The first-order valence-corrected chi connectivity index (χ1v) is 8.72. The molecule has 1 unspecified atom stereocenters. The highest BCUT2D eigenvalue weighted by Crippen LogP contribution is 2.35. The van der Waals surface area contributed by atoms with Crippen molar-refractivity contribution in [3.05, 3.63) is 59.9 Å². The van der Waals surface area contributed by atoms with Gasteiger partial charge in [-0.05, 0) is 42.9 Å². The quantitative estimate of drug-likeness (QED) is 0.840. The van der Waals surface area contributed by atoms with Crippen molar-refractivity contribution in [1.29, 1.82) is 0 Å². The van der Waals surface area contributed by atoms with Gasteiger partial charge >= 0.3 is 11.8 Å². The molecule has 1 aromatic heterocycles. The van der Waals surface area contributed by atoms with Gasteiger partial charge in [0, 0.05) is 6.20 Å². The van der Waals surface area contributed by atoms with E-state index >= 15 is 0 Å². The lowest BCUT2D eigenvalue weighted by Crippen LogP contribution is -2.40. The number of hydrogen-bond acceptors (Lipinski definition) is 3. The summed E-state index contributed by atoms with van der Waals surface area (Å²) in [6, 6.07) is 11.6. The second-order valence-corrected chi connectivity index (χ2v) is 6.55. The number of aryl methyl sites for hydroxylation is 1. The molecule has 0 spiro atoms. The van der Waals surface area contributed by atoms with Gasteiger partial charge in [0.15, 0.2) is 0 Å². The van der Waals surface area contributed by atoms with Crippen LogP contribution in [0.15, 0.2) is 48.8 Å². The standard InChI is InChI=1S/C20H23N3O2/c1-14-11-12-21-13-17(14)22-19(24)20(25)23-18(16-9-5-6-10-16)15-7-3-2-4-8-15/h2-4,7-8,11-13,16,18H,5-6,9-10H2,1H3,(H,22,24)(H,23,25). The second-order valence-electron chi connectivity index (χ2n) is 6.55. The molecule has 0 aliphatic heterocycles. The van der Waals surface area contributed by atoms with Gasteiger partial charge in [-0.25, -0.2) is 0 Å². The number of carbonyl (C=O) groups is 2. The van der Waals surface area contributed by atoms with Crippen molar-refractivity contribution in [2.75, 3.05) is 5.32 Å². The van der Waals surface area contributed by atoms with Crippen LogP contribution in [0.4, 0.5) is 5.69 Å². The average molecular weight is 337 g/mol. The molecule has 2 N–H and O–H groups in total. The highest BCUT2D eigenvalue weighted by Gasteiger charge is 2.29. The van der Waals surface area contributed by atoms with Gasteiger partial charge in [-0.3, -0.25) is 14.6 Å². The number of benzene rings is 1. The zero-order chi connectivity index (χ0) is 17.6. The van der Waals surface area contributed by atoms with E-state index in [1.807, 2.05) is 37.3 Å². The minimum Gasteiger partial charge on any atom is -0.341 e. The van der Waals surface area contributed by atoms with Gasteiger partial charge in [-0.1, -0.05) is 43.2 Å². The van der Waals surface area contributed by atoms with E-state index in [-0.39, 0.29) is 6.04 Å². The van der Waals surface area contributed by atoms with Gasteiger partial charge in [-0.2, -0.15) is 0 Å². The smallest absolute Gasteiger partial charge is 0.313 e. The summed E-state index contributed by atoms with van der Waals surface area (Å²) < 4.78 is 0. The molecule has 1 aromatic carbocycles. The average Bonchev–Trinajstić information content (AvgIpc) is 3.16. The molecule has 0 saturated heterocycles. The Morgan fingerprint density at radius 1 is 1.08 bits per heavy atom. The van der Waals surface area contributed by atoms with E-state index in [0.29, 0.717) is 11.6 Å². The molecule has 130 valence electrons. The number of carbonyl (C=O) groups excluding carboxylic acids is 2. The number of anilines is 1. The van der Waals surface area contributed by atoms with Crippen molar-refractivity contribution in [1.82, 2.24) is 10.3 Å². The number of nitrogens with one attached hydrogen (secondary N) is 2. The third-order valence-corrected chi connectivity index (χ3v) is 4.81. The fraction of sp³-hybridized carbons (Fsp3) is 0.350. The van der Waals surface area contributed by atoms with Crippen LogP contribution in [-0.4, -0.2) is 16.8 Å². The van der Waals surface area contributed by atoms with E-state index in [1.165, 1.54) is 12.8 Å². The lowest BCUT2D eigenvalue weighted by Gasteiger charge is -2.25. The van der Waals surface area contributed by atoms with Crippen LogP contribution >= 0.6 is 0 Å². The molecule has 5 nitrogen and oxygen atoms in total. The highest BCUT2D eigenvalue weighted by atomic mass is 16.2. The molecule has 25 heavy (non-hydrogen) atoms. The summed E-state index contributed by atoms with van der Waals surface area (Å²) in [6.45, 7) is 1.86. The van der Waals surface area contributed by atoms with Gasteiger partial charge in [-0.15, -0.1) is 0 Å². The van der Waals surface area contributed by atoms with E-state index in [4.69, 9.17) is 0 Å². The predicted molar refractivity (Wildman–Crippen MR) is 96.9 cm³/mol. The molecule has 5 heteroatoms. The summed E-state index contributed by atoms with van der Waals surface area (Å²) in [5.74, 6) is -0.890. The first-order valence-electron chi connectivity index (χ1n) is 8.72. The molecule has 0 radical (unpaired) electrons. The van der Waals surface area contributed by atoms with Crippen LogP contribution in [0.25, 0.3) is 0 Å². The van der Waals surface area contributed by atoms with Gasteiger partial charge < -0.3 is 10.6 Å². The molecule has 1 atom stereocenters. The molecule has 1 heterocycles. The zero-order valence-electron chi connectivity index (χ0n) is 14.4. The number of nitrogens with zero attached hydrogens (tertiary/aromatic N) is 1. The molecular weight excluding hydrogens is 314 g/mol. The highest BCUT2D eigenvalue weighted by molar-refractivity contribution is 6.39. The van der Waals surface area contributed by atoms with Crippen LogP contribution < -0.4 is 10.6 Å². The largest absolute Gasteiger partial charge is 0.341 e. The van der Waals surface area contributed by atoms with Gasteiger partial charge in [0.2, 0.25) is 0 Å². The summed E-state index contributed by atoms with van der Waals surface area (Å²) in [7, 11) is 0. The Bertz CT molecular complexity index is 740. The predicted octanol–water partition coefficient (Wildman–Crippen LogP) is 3.38. The summed E-state index contributed by atoms with van der Waals surface area (Å²) >= 11 is 0. The number of amides is 2. The second kappa shape index (κ2) is 7.92. The van der Waals surface area contributed by atoms with Crippen LogP contribution in [0.5, 0.6) is 0 Å². The van der Waals surface area contributed by atoms with Crippen LogP contribution in [0, 0.1) is 12.8 Å². The number of hydrogen-bond donors (Lipinski definition) is 2. The minimum absolute atomic E-state index is 0.128. The third kappa shape index (κ3) is 4.24. The normalized spacial score (nSPS) is 15.6. The van der Waals surface area contributed by atoms with Crippen molar-refractivity contribution < 1.29 is 9.59 Å². The molecule has 1 aliphatic carbocycles. The van der Waals surface area contributed by atoms with Crippen molar-refractivity contribution in [2.24, 2.45) is 5.92 Å². The monoisotopic (exact) mass is 337 g/mol. The molecule has 0 bridgehead atoms. The maximum Gasteiger partial charge on any atom is 0.313 e. The SMILES string of the molecule is Cc1ccncc1NC(=O)C(=O)NC(c1ccccc1)C1CCCC1. The number of pyridine rings is 1. The molecule has 1 fully saturated rings. The Kier molecular flexibility index (Phi) is 5.43. The Hall–Kier alpha value is -2.69. The summed E-state index contributed by atoms with van der Waals surface area (Å²) in [5, 5.41) is 5.59. The van der Waals surface area contributed by atoms with Gasteiger partial charge in [0.1, 0.15) is 0 Å². The maximum absolute atomic E-state index is 12.5. The topological polar surface area (TPSA) is 71.1 Å². The molecular formula is C20H23N3O2. The molecule has 2 aromatic rings. The third-order valence-electron chi connectivity index (χ3n) is 4.81. The fourth-order valence-corrected chi connectivity index (χ4v) is 3.41. The maximum atomic E-state index is 12.5. The molecule has 3 rings (SSSR count). The van der Waals surface area contributed by atoms with Crippen molar-refractivity contribution in [3.63, 3.8) is 0 Å². The van der Waals surface area contributed by atoms with Crippen molar-refractivity contribution in [2.45, 2.75) is 38.6 Å². The van der Waals surface area contributed by atoms with E-state index < -0.39 is 11.8 Å². The molecule has 1 aliphatic rings. The zero-order valence-corrected chi connectivity index (χ0v) is 14.4. The van der Waals surface area contributed by atoms with Crippen LogP contribution in [-0.2, 0) is 9.59 Å². The Labute approximate surface area is 147 Å². The van der Waals surface area contributed by atoms with Crippen LogP contribution in [0.2, 0.25) is 0 Å². The molecule has 1 saturated carbocycles. The van der Waals surface area contributed by atoms with Gasteiger partial charge in [0.25, 0.3) is 0 Å². The Morgan fingerprint density at radius 3 is 2.48 bits per heavy atom. The van der Waals surface area contributed by atoms with E-state index in [9.17, 15) is 9.59 Å². The first-order chi connectivity index (χ1) is 12.1. The van der Waals surface area contributed by atoms with Crippen molar-refractivity contribution in [3.8, 4) is 0 Å². The summed E-state index contributed by atoms with van der Waals surface area (Å²) in [6.07, 6.45) is 7.69. The lowest BCUT2D eigenvalue weighted by atomic mass is 9.91. The Balaban J connectivity index is 1.71. The number of rotatable bonds is 4. The summed E-state index contributed by atoms with van der Waals surface area (Å²) in [5.41, 5.74) is 2.47. The van der Waals surface area contributed by atoms with Gasteiger partial charge in [0.05, 0.1) is 17.9 Å². The summed E-state index contributed by atoms with van der Waals surface area (Å²) in [4.78, 5) is 28.7.